The minimum atomic E-state index is 0.0934. The molecule has 74 valence electrons. The summed E-state index contributed by atoms with van der Waals surface area (Å²) in [6.07, 6.45) is 5.38. The molecule has 3 nitrogen and oxygen atoms in total. The summed E-state index contributed by atoms with van der Waals surface area (Å²) >= 11 is 0. The fourth-order valence-electron chi connectivity index (χ4n) is 1.08. The smallest absolute Gasteiger partial charge is 0.243 e. The van der Waals surface area contributed by atoms with E-state index in [0.29, 0.717) is 0 Å². The summed E-state index contributed by atoms with van der Waals surface area (Å²) in [5.41, 5.74) is 3.63. The van der Waals surface area contributed by atoms with E-state index in [0.717, 1.165) is 31.4 Å². The summed E-state index contributed by atoms with van der Waals surface area (Å²) in [6, 6.07) is 0. The molecule has 1 N–H and O–H groups in total. The van der Waals surface area contributed by atoms with E-state index in [9.17, 15) is 4.79 Å². The maximum Gasteiger partial charge on any atom is 0.243 e. The number of carbonyl (C=O) groups is 1. The summed E-state index contributed by atoms with van der Waals surface area (Å²) in [4.78, 5) is 11.2. The highest BCUT2D eigenvalue weighted by atomic mass is 16.2. The molecule has 0 heterocycles. The fourth-order valence-corrected chi connectivity index (χ4v) is 1.08. The largest absolute Gasteiger partial charge is 0.273 e. The first-order chi connectivity index (χ1) is 6.24. The van der Waals surface area contributed by atoms with E-state index in [1.807, 2.05) is 6.92 Å². The van der Waals surface area contributed by atoms with Gasteiger partial charge in [-0.05, 0) is 32.6 Å². The number of nitrogens with zero attached hydrogens (tertiary/aromatic N) is 1. The molecule has 0 aromatic heterocycles. The number of rotatable bonds is 5. The van der Waals surface area contributed by atoms with E-state index in [-0.39, 0.29) is 11.8 Å². The molecule has 0 aromatic carbocycles. The molecule has 1 fully saturated rings. The van der Waals surface area contributed by atoms with Crippen molar-refractivity contribution >= 4 is 11.6 Å². The first kappa shape index (κ1) is 10.2. The lowest BCUT2D eigenvalue weighted by atomic mass is 10.2. The van der Waals surface area contributed by atoms with Gasteiger partial charge in [-0.25, -0.2) is 5.43 Å². The zero-order chi connectivity index (χ0) is 9.68. The lowest BCUT2D eigenvalue weighted by Gasteiger charge is -2.00. The van der Waals surface area contributed by atoms with Crippen molar-refractivity contribution < 1.29 is 4.79 Å². The minimum Gasteiger partial charge on any atom is -0.273 e. The van der Waals surface area contributed by atoms with E-state index in [1.54, 1.807) is 0 Å². The van der Waals surface area contributed by atoms with Crippen LogP contribution >= 0.6 is 0 Å². The van der Waals surface area contributed by atoms with Gasteiger partial charge in [0.2, 0.25) is 5.91 Å². The highest BCUT2D eigenvalue weighted by Gasteiger charge is 2.29. The van der Waals surface area contributed by atoms with Crippen LogP contribution in [0.5, 0.6) is 0 Å². The van der Waals surface area contributed by atoms with Crippen molar-refractivity contribution in [2.45, 2.75) is 46.0 Å². The molecule has 13 heavy (non-hydrogen) atoms. The standard InChI is InChI=1S/C10H18N2O/c1-3-4-5-8(2)11-12-10(13)9-6-7-9/h9H,3-7H2,1-2H3,(H,12,13)/b11-8+. The minimum absolute atomic E-state index is 0.0934. The Kier molecular flexibility index (Phi) is 3.93. The summed E-state index contributed by atoms with van der Waals surface area (Å²) < 4.78 is 0. The summed E-state index contributed by atoms with van der Waals surface area (Å²) in [5.74, 6) is 0.346. The Morgan fingerprint density at radius 1 is 1.54 bits per heavy atom. The third kappa shape index (κ3) is 4.06. The van der Waals surface area contributed by atoms with Crippen molar-refractivity contribution in [2.75, 3.05) is 0 Å². The van der Waals surface area contributed by atoms with Gasteiger partial charge < -0.3 is 0 Å². The lowest BCUT2D eigenvalue weighted by molar-refractivity contribution is -0.122. The van der Waals surface area contributed by atoms with Gasteiger partial charge in [-0.1, -0.05) is 13.3 Å². The molecule has 3 heteroatoms. The Hall–Kier alpha value is -0.860. The van der Waals surface area contributed by atoms with Crippen molar-refractivity contribution in [3.05, 3.63) is 0 Å². The van der Waals surface area contributed by atoms with Crippen LogP contribution in [0.3, 0.4) is 0 Å². The maximum atomic E-state index is 11.2. The summed E-state index contributed by atoms with van der Waals surface area (Å²) in [5, 5.41) is 4.04. The van der Waals surface area contributed by atoms with Crippen LogP contribution < -0.4 is 5.43 Å². The second-order valence-electron chi connectivity index (χ2n) is 3.70. The van der Waals surface area contributed by atoms with Gasteiger partial charge in [0.1, 0.15) is 0 Å². The number of hydrogen-bond donors (Lipinski definition) is 1. The topological polar surface area (TPSA) is 41.5 Å². The predicted octanol–water partition coefficient (Wildman–Crippen LogP) is 2.08. The highest BCUT2D eigenvalue weighted by molar-refractivity contribution is 5.85. The molecule has 1 aliphatic carbocycles. The average Bonchev–Trinajstić information content (AvgIpc) is 2.93. The molecule has 0 spiro atoms. The average molecular weight is 182 g/mol. The Labute approximate surface area is 79.6 Å². The van der Waals surface area contributed by atoms with Gasteiger partial charge in [-0.2, -0.15) is 5.10 Å². The van der Waals surface area contributed by atoms with Gasteiger partial charge >= 0.3 is 0 Å². The van der Waals surface area contributed by atoms with Crippen molar-refractivity contribution in [2.24, 2.45) is 11.0 Å². The molecule has 1 amide bonds. The lowest BCUT2D eigenvalue weighted by Crippen LogP contribution is -2.20. The first-order valence-electron chi connectivity index (χ1n) is 5.07. The SMILES string of the molecule is CCCC/C(C)=N/NC(=O)C1CC1. The van der Waals surface area contributed by atoms with E-state index in [2.05, 4.69) is 17.5 Å². The number of unbranched alkanes of at least 4 members (excludes halogenated alkanes) is 1. The summed E-state index contributed by atoms with van der Waals surface area (Å²) in [7, 11) is 0. The Morgan fingerprint density at radius 2 is 2.23 bits per heavy atom. The molecule has 0 unspecified atom stereocenters. The number of hydrazone groups is 1. The Morgan fingerprint density at radius 3 is 2.77 bits per heavy atom. The van der Waals surface area contributed by atoms with Gasteiger partial charge in [0.05, 0.1) is 0 Å². The monoisotopic (exact) mass is 182 g/mol. The van der Waals surface area contributed by atoms with Crippen LogP contribution in [0.25, 0.3) is 0 Å². The molecule has 0 bridgehead atoms. The third-order valence-corrected chi connectivity index (χ3v) is 2.20. The Balaban J connectivity index is 2.16. The number of nitrogens with one attached hydrogen (secondary N) is 1. The molecule has 0 saturated heterocycles. The second-order valence-corrected chi connectivity index (χ2v) is 3.70. The van der Waals surface area contributed by atoms with Crippen LogP contribution in [-0.2, 0) is 4.79 Å². The predicted molar refractivity (Wildman–Crippen MR) is 53.5 cm³/mol. The molecule has 0 aromatic rings. The number of carbonyl (C=O) groups excluding carboxylic acids is 1. The van der Waals surface area contributed by atoms with Gasteiger partial charge in [0.15, 0.2) is 0 Å². The molecule has 0 radical (unpaired) electrons. The van der Waals surface area contributed by atoms with E-state index in [1.165, 1.54) is 6.42 Å². The van der Waals surface area contributed by atoms with Crippen LogP contribution in [0.2, 0.25) is 0 Å². The fraction of sp³-hybridized carbons (Fsp3) is 0.800. The number of amides is 1. The van der Waals surface area contributed by atoms with Crippen molar-refractivity contribution in [3.8, 4) is 0 Å². The van der Waals surface area contributed by atoms with Crippen molar-refractivity contribution in [3.63, 3.8) is 0 Å². The Bertz CT molecular complexity index is 207. The second kappa shape index (κ2) is 5.00. The van der Waals surface area contributed by atoms with E-state index < -0.39 is 0 Å². The van der Waals surface area contributed by atoms with Crippen LogP contribution in [0.4, 0.5) is 0 Å². The van der Waals surface area contributed by atoms with E-state index in [4.69, 9.17) is 0 Å². The van der Waals surface area contributed by atoms with E-state index >= 15 is 0 Å². The van der Waals surface area contributed by atoms with Gasteiger partial charge in [-0.3, -0.25) is 4.79 Å². The van der Waals surface area contributed by atoms with Crippen molar-refractivity contribution in [1.29, 1.82) is 0 Å². The molecule has 0 aliphatic heterocycles. The third-order valence-electron chi connectivity index (χ3n) is 2.20. The normalized spacial score (nSPS) is 17.2. The van der Waals surface area contributed by atoms with Gasteiger partial charge in [0.25, 0.3) is 0 Å². The van der Waals surface area contributed by atoms with Crippen LogP contribution in [0, 0.1) is 5.92 Å². The van der Waals surface area contributed by atoms with Crippen LogP contribution in [0.1, 0.15) is 46.0 Å². The van der Waals surface area contributed by atoms with Gasteiger partial charge in [0, 0.05) is 11.6 Å². The summed E-state index contributed by atoms with van der Waals surface area (Å²) in [6.45, 7) is 4.11. The van der Waals surface area contributed by atoms with Crippen molar-refractivity contribution in [1.82, 2.24) is 5.43 Å². The quantitative estimate of drug-likeness (QED) is 0.513. The number of hydrogen-bond acceptors (Lipinski definition) is 2. The van der Waals surface area contributed by atoms with Crippen LogP contribution in [0.15, 0.2) is 5.10 Å². The van der Waals surface area contributed by atoms with Crippen LogP contribution in [-0.4, -0.2) is 11.6 Å². The molecular formula is C10H18N2O. The molecular weight excluding hydrogens is 164 g/mol. The first-order valence-corrected chi connectivity index (χ1v) is 5.07. The molecule has 0 atom stereocenters. The zero-order valence-corrected chi connectivity index (χ0v) is 8.47. The zero-order valence-electron chi connectivity index (χ0n) is 8.47. The molecule has 1 saturated carbocycles. The highest BCUT2D eigenvalue weighted by Crippen LogP contribution is 2.28. The maximum absolute atomic E-state index is 11.2. The molecule has 1 rings (SSSR count). The van der Waals surface area contributed by atoms with Gasteiger partial charge in [-0.15, -0.1) is 0 Å². The molecule has 1 aliphatic rings.